The molecule has 3 N–H and O–H groups in total. The van der Waals surface area contributed by atoms with Crippen LogP contribution >= 0.6 is 0 Å². The van der Waals surface area contributed by atoms with Crippen molar-refractivity contribution in [2.24, 2.45) is 10.7 Å². The molecule has 1 heterocycles. The van der Waals surface area contributed by atoms with Gasteiger partial charge >= 0.3 is 0 Å². The molecule has 2 aromatic rings. The van der Waals surface area contributed by atoms with Crippen LogP contribution in [0.2, 0.25) is 0 Å². The number of hydrogen-bond donors (Lipinski definition) is 2. The van der Waals surface area contributed by atoms with Crippen LogP contribution < -0.4 is 11.1 Å². The number of anilines is 1. The highest BCUT2D eigenvalue weighted by atomic mass is 19.3. The average molecular weight is 331 g/mol. The van der Waals surface area contributed by atoms with E-state index in [9.17, 15) is 8.78 Å². The van der Waals surface area contributed by atoms with Gasteiger partial charge in [-0.15, -0.1) is 0 Å². The Morgan fingerprint density at radius 2 is 2.08 bits per heavy atom. The lowest BCUT2D eigenvalue weighted by Gasteiger charge is -2.19. The van der Waals surface area contributed by atoms with Gasteiger partial charge in [0.1, 0.15) is 18.1 Å². The van der Waals surface area contributed by atoms with E-state index in [0.717, 1.165) is 24.9 Å². The largest absolute Gasteiger partial charge is 0.370 e. The highest BCUT2D eigenvalue weighted by molar-refractivity contribution is 5.93. The minimum absolute atomic E-state index is 0.0500. The van der Waals surface area contributed by atoms with E-state index in [1.165, 1.54) is 29.8 Å². The van der Waals surface area contributed by atoms with Gasteiger partial charge in [0.05, 0.1) is 0 Å². The molecule has 0 saturated heterocycles. The third kappa shape index (κ3) is 3.84. The summed E-state index contributed by atoms with van der Waals surface area (Å²) < 4.78 is 25.3. The molecule has 0 fully saturated rings. The van der Waals surface area contributed by atoms with E-state index in [2.05, 4.69) is 26.3 Å². The highest BCUT2D eigenvalue weighted by Crippen LogP contribution is 2.27. The number of aromatic nitrogens is 2. The zero-order valence-electron chi connectivity index (χ0n) is 13.2. The lowest BCUT2D eigenvalue weighted by Crippen LogP contribution is -2.24. The molecular weight excluding hydrogens is 312 g/mol. The molecule has 1 aliphatic carbocycles. The Labute approximate surface area is 139 Å². The smallest absolute Gasteiger partial charge is 0.280 e. The Balaban J connectivity index is 1.70. The maximum Gasteiger partial charge on any atom is 0.280 e. The van der Waals surface area contributed by atoms with Gasteiger partial charge in [-0.05, 0) is 48.9 Å². The Morgan fingerprint density at radius 3 is 2.92 bits per heavy atom. The summed E-state index contributed by atoms with van der Waals surface area (Å²) in [4.78, 5) is 11.9. The minimum Gasteiger partial charge on any atom is -0.370 e. The number of halogens is 2. The summed E-state index contributed by atoms with van der Waals surface area (Å²) in [5, 5.41) is 3.10. The summed E-state index contributed by atoms with van der Waals surface area (Å²) in [5.41, 5.74) is 9.18. The maximum atomic E-state index is 12.6. The molecule has 0 saturated carbocycles. The Kier molecular flexibility index (Phi) is 4.98. The van der Waals surface area contributed by atoms with Gasteiger partial charge in [0.25, 0.3) is 6.43 Å². The monoisotopic (exact) mass is 331 g/mol. The molecule has 3 rings (SSSR count). The molecule has 24 heavy (non-hydrogen) atoms. The molecular formula is C17H19F2N5. The second-order valence-electron chi connectivity index (χ2n) is 5.68. The molecule has 126 valence electrons. The van der Waals surface area contributed by atoms with E-state index < -0.39 is 6.43 Å². The van der Waals surface area contributed by atoms with Crippen molar-refractivity contribution < 1.29 is 8.78 Å². The number of nitrogens with two attached hydrogens (primary N) is 1. The molecule has 0 aliphatic heterocycles. The fraction of sp³-hybridized carbons (Fsp3) is 0.353. The third-order valence-corrected chi connectivity index (χ3v) is 4.00. The average Bonchev–Trinajstić information content (AvgIpc) is 2.60. The van der Waals surface area contributed by atoms with Crippen LogP contribution in [0, 0.1) is 0 Å². The highest BCUT2D eigenvalue weighted by Gasteiger charge is 2.13. The van der Waals surface area contributed by atoms with Gasteiger partial charge in [-0.3, -0.25) is 0 Å². The molecule has 0 spiro atoms. The molecule has 7 heteroatoms. The van der Waals surface area contributed by atoms with E-state index in [1.54, 1.807) is 0 Å². The fourth-order valence-electron chi connectivity index (χ4n) is 2.84. The van der Waals surface area contributed by atoms with Crippen molar-refractivity contribution in [3.8, 4) is 0 Å². The molecule has 5 nitrogen and oxygen atoms in total. The Hall–Kier alpha value is -2.57. The summed E-state index contributed by atoms with van der Waals surface area (Å²) in [6.07, 6.45) is 3.15. The maximum absolute atomic E-state index is 12.6. The van der Waals surface area contributed by atoms with Crippen LogP contribution in [0.3, 0.4) is 0 Å². The fourth-order valence-corrected chi connectivity index (χ4v) is 2.84. The number of benzene rings is 1. The van der Waals surface area contributed by atoms with Gasteiger partial charge in [-0.2, -0.15) is 0 Å². The predicted molar refractivity (Wildman–Crippen MR) is 89.0 cm³/mol. The number of rotatable bonds is 4. The van der Waals surface area contributed by atoms with Crippen molar-refractivity contribution in [3.05, 3.63) is 53.1 Å². The molecule has 0 radical (unpaired) electrons. The number of aryl methyl sites for hydroxylation is 1. The number of fused-ring (bicyclic) bond motifs is 1. The third-order valence-electron chi connectivity index (χ3n) is 4.00. The lowest BCUT2D eigenvalue weighted by molar-refractivity contribution is 0.145. The minimum atomic E-state index is -2.62. The van der Waals surface area contributed by atoms with Crippen LogP contribution in [-0.4, -0.2) is 15.9 Å². The van der Waals surface area contributed by atoms with E-state index in [1.807, 2.05) is 12.1 Å². The number of guanidine groups is 1. The molecule has 0 atom stereocenters. The van der Waals surface area contributed by atoms with Gasteiger partial charge in [-0.1, -0.05) is 12.1 Å². The van der Waals surface area contributed by atoms with Crippen LogP contribution in [0.25, 0.3) is 0 Å². The SMILES string of the molecule is NC(=NCc1nccc(C(F)F)n1)Nc1cccc2c1CCCC2. The van der Waals surface area contributed by atoms with Crippen molar-refractivity contribution in [2.45, 2.75) is 38.7 Å². The van der Waals surface area contributed by atoms with Crippen LogP contribution in [0.1, 0.15) is 41.9 Å². The van der Waals surface area contributed by atoms with Crippen LogP contribution in [0.4, 0.5) is 14.5 Å². The summed E-state index contributed by atoms with van der Waals surface area (Å²) in [6, 6.07) is 7.29. The first kappa shape index (κ1) is 16.3. The first-order valence-electron chi connectivity index (χ1n) is 7.91. The molecule has 1 aromatic carbocycles. The summed E-state index contributed by atoms with van der Waals surface area (Å²) in [5.74, 6) is 0.438. The van der Waals surface area contributed by atoms with E-state index >= 15 is 0 Å². The summed E-state index contributed by atoms with van der Waals surface area (Å²) >= 11 is 0. The standard InChI is InChI=1S/C17H19F2N5/c18-16(19)14-8-9-21-15(23-14)10-22-17(20)24-13-7-3-5-11-4-1-2-6-12(11)13/h3,5,7-9,16H,1-2,4,6,10H2,(H3,20,22,24). The van der Waals surface area contributed by atoms with E-state index in [0.29, 0.717) is 0 Å². The van der Waals surface area contributed by atoms with Crippen molar-refractivity contribution in [1.29, 1.82) is 0 Å². The van der Waals surface area contributed by atoms with Crippen molar-refractivity contribution in [1.82, 2.24) is 9.97 Å². The van der Waals surface area contributed by atoms with Gasteiger partial charge in [0.2, 0.25) is 0 Å². The number of nitrogens with zero attached hydrogens (tertiary/aromatic N) is 3. The molecule has 1 aromatic heterocycles. The first-order chi connectivity index (χ1) is 11.6. The van der Waals surface area contributed by atoms with Crippen LogP contribution in [0.15, 0.2) is 35.5 Å². The molecule has 0 amide bonds. The Bertz CT molecular complexity index is 746. The second kappa shape index (κ2) is 7.33. The number of aliphatic imine (C=N–C) groups is 1. The molecule has 1 aliphatic rings. The van der Waals surface area contributed by atoms with Crippen molar-refractivity contribution >= 4 is 11.6 Å². The van der Waals surface area contributed by atoms with Gasteiger partial charge in [0.15, 0.2) is 5.96 Å². The predicted octanol–water partition coefficient (Wildman–Crippen LogP) is 3.22. The molecule has 0 unspecified atom stereocenters. The molecule has 0 bridgehead atoms. The number of alkyl halides is 2. The van der Waals surface area contributed by atoms with Crippen molar-refractivity contribution in [2.75, 3.05) is 5.32 Å². The summed E-state index contributed by atoms with van der Waals surface area (Å²) in [6.45, 7) is 0.0500. The van der Waals surface area contributed by atoms with Gasteiger partial charge in [0, 0.05) is 11.9 Å². The zero-order valence-corrected chi connectivity index (χ0v) is 13.2. The van der Waals surface area contributed by atoms with Gasteiger partial charge in [-0.25, -0.2) is 23.7 Å². The normalized spacial score (nSPS) is 14.5. The number of nitrogens with one attached hydrogen (secondary N) is 1. The second-order valence-corrected chi connectivity index (χ2v) is 5.68. The van der Waals surface area contributed by atoms with Crippen molar-refractivity contribution in [3.63, 3.8) is 0 Å². The Morgan fingerprint density at radius 1 is 1.25 bits per heavy atom. The van der Waals surface area contributed by atoms with Gasteiger partial charge < -0.3 is 11.1 Å². The zero-order chi connectivity index (χ0) is 16.9. The van der Waals surface area contributed by atoms with Crippen LogP contribution in [-0.2, 0) is 19.4 Å². The topological polar surface area (TPSA) is 76.2 Å². The quantitative estimate of drug-likeness (QED) is 0.666. The van der Waals surface area contributed by atoms with E-state index in [-0.39, 0.29) is 24.0 Å². The summed E-state index contributed by atoms with van der Waals surface area (Å²) in [7, 11) is 0. The first-order valence-corrected chi connectivity index (χ1v) is 7.91. The van der Waals surface area contributed by atoms with E-state index in [4.69, 9.17) is 5.73 Å². The van der Waals surface area contributed by atoms with Crippen LogP contribution in [0.5, 0.6) is 0 Å². The number of hydrogen-bond acceptors (Lipinski definition) is 3. The lowest BCUT2D eigenvalue weighted by atomic mass is 9.90.